The normalized spacial score (nSPS) is 19.6. The summed E-state index contributed by atoms with van der Waals surface area (Å²) in [5.74, 6) is -0.0894. The Balaban J connectivity index is 1.46. The molecule has 0 spiro atoms. The predicted octanol–water partition coefficient (Wildman–Crippen LogP) is 3.81. The molecule has 1 atom stereocenters. The quantitative estimate of drug-likeness (QED) is 0.743. The van der Waals surface area contributed by atoms with Crippen molar-refractivity contribution in [3.8, 4) is 0 Å². The Bertz CT molecular complexity index is 680. The first-order valence-corrected chi connectivity index (χ1v) is 10.1. The maximum Gasteiger partial charge on any atom is 0.223 e. The van der Waals surface area contributed by atoms with Gasteiger partial charge in [0, 0.05) is 26.3 Å². The molecule has 1 N–H and O–H groups in total. The highest BCUT2D eigenvalue weighted by Gasteiger charge is 2.27. The van der Waals surface area contributed by atoms with Gasteiger partial charge in [-0.3, -0.25) is 9.59 Å². The zero-order valence-corrected chi connectivity index (χ0v) is 16.2. The van der Waals surface area contributed by atoms with Crippen molar-refractivity contribution in [3.63, 3.8) is 0 Å². The van der Waals surface area contributed by atoms with Gasteiger partial charge in [-0.1, -0.05) is 43.5 Å². The summed E-state index contributed by atoms with van der Waals surface area (Å²) in [4.78, 5) is 26.1. The molecule has 1 heterocycles. The number of fused-ring (bicyclic) bond motifs is 1. The van der Waals surface area contributed by atoms with Gasteiger partial charge in [0.1, 0.15) is 0 Å². The fourth-order valence-corrected chi connectivity index (χ4v) is 3.94. The van der Waals surface area contributed by atoms with E-state index < -0.39 is 0 Å². The molecule has 1 saturated carbocycles. The van der Waals surface area contributed by atoms with E-state index in [1.807, 2.05) is 30.3 Å². The van der Waals surface area contributed by atoms with Gasteiger partial charge in [-0.25, -0.2) is 0 Å². The molecule has 1 aliphatic carbocycles. The first kappa shape index (κ1) is 19.6. The Labute approximate surface area is 161 Å². The summed E-state index contributed by atoms with van der Waals surface area (Å²) in [6, 6.07) is 7.67. The van der Waals surface area contributed by atoms with Crippen LogP contribution in [0.3, 0.4) is 0 Å². The lowest BCUT2D eigenvalue weighted by Gasteiger charge is -2.32. The average Bonchev–Trinajstić information content (AvgIpc) is 2.68. The van der Waals surface area contributed by atoms with Crippen molar-refractivity contribution >= 4 is 17.9 Å². The Morgan fingerprint density at radius 1 is 1.19 bits per heavy atom. The van der Waals surface area contributed by atoms with Crippen LogP contribution in [-0.4, -0.2) is 36.0 Å². The van der Waals surface area contributed by atoms with Gasteiger partial charge >= 0.3 is 0 Å². The maximum atomic E-state index is 12.4. The van der Waals surface area contributed by atoms with Crippen LogP contribution in [-0.2, 0) is 14.3 Å². The van der Waals surface area contributed by atoms with Gasteiger partial charge < -0.3 is 15.0 Å². The van der Waals surface area contributed by atoms with E-state index in [1.165, 1.54) is 39.0 Å². The number of hydrogen-bond donors (Lipinski definition) is 1. The van der Waals surface area contributed by atoms with Crippen LogP contribution >= 0.6 is 0 Å². The summed E-state index contributed by atoms with van der Waals surface area (Å²) in [7, 11) is 0. The number of nitrogens with zero attached hydrogens (tertiary/aromatic N) is 1. The van der Waals surface area contributed by atoms with Crippen molar-refractivity contribution in [3.05, 3.63) is 41.6 Å². The first-order valence-electron chi connectivity index (χ1n) is 10.1. The third-order valence-electron chi connectivity index (χ3n) is 5.40. The number of amides is 2. The summed E-state index contributed by atoms with van der Waals surface area (Å²) >= 11 is 0. The molecule has 3 rings (SSSR count). The summed E-state index contributed by atoms with van der Waals surface area (Å²) in [6.45, 7) is 2.83. The molecule has 1 fully saturated rings. The van der Waals surface area contributed by atoms with Crippen LogP contribution in [0.2, 0.25) is 0 Å². The zero-order valence-electron chi connectivity index (χ0n) is 16.2. The summed E-state index contributed by atoms with van der Waals surface area (Å²) in [5.41, 5.74) is 2.08. The highest BCUT2D eigenvalue weighted by Crippen LogP contribution is 2.32. The van der Waals surface area contributed by atoms with E-state index in [1.54, 1.807) is 11.1 Å². The van der Waals surface area contributed by atoms with E-state index in [0.717, 1.165) is 17.5 Å². The fraction of sp³-hybridized carbons (Fsp3) is 0.545. The smallest absolute Gasteiger partial charge is 0.223 e. The lowest BCUT2D eigenvalue weighted by atomic mass is 9.93. The fourth-order valence-electron chi connectivity index (χ4n) is 3.94. The number of ether oxygens (including phenoxy) is 1. The minimum Gasteiger partial charge on any atom is -0.378 e. The van der Waals surface area contributed by atoms with Crippen molar-refractivity contribution in [2.24, 2.45) is 0 Å². The molecule has 2 aliphatic rings. The second kappa shape index (κ2) is 9.70. The van der Waals surface area contributed by atoms with Crippen molar-refractivity contribution < 1.29 is 14.3 Å². The van der Waals surface area contributed by atoms with Gasteiger partial charge in [-0.2, -0.15) is 0 Å². The van der Waals surface area contributed by atoms with Crippen LogP contribution in [0, 0.1) is 0 Å². The topological polar surface area (TPSA) is 58.6 Å². The molecular formula is C22H30N2O3. The number of hydrogen-bond acceptors (Lipinski definition) is 3. The van der Waals surface area contributed by atoms with E-state index in [2.05, 4.69) is 5.32 Å². The van der Waals surface area contributed by atoms with Gasteiger partial charge in [0.25, 0.3) is 0 Å². The second-order valence-electron chi connectivity index (χ2n) is 7.43. The molecular weight excluding hydrogens is 340 g/mol. The van der Waals surface area contributed by atoms with Crippen molar-refractivity contribution in [1.29, 1.82) is 0 Å². The van der Waals surface area contributed by atoms with Crippen LogP contribution in [0.15, 0.2) is 30.5 Å². The van der Waals surface area contributed by atoms with E-state index in [9.17, 15) is 9.59 Å². The Morgan fingerprint density at radius 2 is 1.96 bits per heavy atom. The molecule has 1 unspecified atom stereocenters. The summed E-state index contributed by atoms with van der Waals surface area (Å²) < 4.78 is 5.90. The molecule has 5 heteroatoms. The summed E-state index contributed by atoms with van der Waals surface area (Å²) in [5, 5.41) is 2.98. The van der Waals surface area contributed by atoms with Crippen LogP contribution in [0.25, 0.3) is 6.08 Å². The van der Waals surface area contributed by atoms with Crippen LogP contribution in [0.4, 0.5) is 0 Å². The van der Waals surface area contributed by atoms with Gasteiger partial charge in [0.2, 0.25) is 11.8 Å². The lowest BCUT2D eigenvalue weighted by molar-refractivity contribution is -0.129. The molecule has 0 radical (unpaired) electrons. The van der Waals surface area contributed by atoms with Crippen LogP contribution in [0.1, 0.15) is 69.0 Å². The summed E-state index contributed by atoms with van der Waals surface area (Å²) in [6.07, 6.45) is 11.4. The minimum atomic E-state index is -0.248. The predicted molar refractivity (Wildman–Crippen MR) is 106 cm³/mol. The zero-order chi connectivity index (χ0) is 19.1. The molecule has 2 amide bonds. The Morgan fingerprint density at radius 3 is 2.74 bits per heavy atom. The SMILES string of the molecule is CC(=O)N1C=Cc2ccccc2C1CC(=O)NCCCOC1CCCCC1. The Kier molecular flexibility index (Phi) is 7.04. The van der Waals surface area contributed by atoms with Gasteiger partial charge in [0.05, 0.1) is 18.6 Å². The molecule has 1 aromatic rings. The number of carbonyl (C=O) groups is 2. The van der Waals surface area contributed by atoms with E-state index in [0.29, 0.717) is 19.3 Å². The number of rotatable bonds is 7. The molecule has 1 aromatic carbocycles. The largest absolute Gasteiger partial charge is 0.378 e. The van der Waals surface area contributed by atoms with Crippen molar-refractivity contribution in [2.45, 2.75) is 64.0 Å². The highest BCUT2D eigenvalue weighted by atomic mass is 16.5. The van der Waals surface area contributed by atoms with Gasteiger partial charge in [-0.15, -0.1) is 0 Å². The molecule has 0 bridgehead atoms. The van der Waals surface area contributed by atoms with E-state index >= 15 is 0 Å². The Hall–Kier alpha value is -2.14. The van der Waals surface area contributed by atoms with E-state index in [4.69, 9.17) is 4.74 Å². The third-order valence-corrected chi connectivity index (χ3v) is 5.40. The average molecular weight is 370 g/mol. The molecule has 146 valence electrons. The molecule has 5 nitrogen and oxygen atoms in total. The maximum absolute atomic E-state index is 12.4. The number of benzene rings is 1. The van der Waals surface area contributed by atoms with E-state index in [-0.39, 0.29) is 24.3 Å². The van der Waals surface area contributed by atoms with Crippen molar-refractivity contribution in [2.75, 3.05) is 13.2 Å². The molecule has 1 aliphatic heterocycles. The number of carbonyl (C=O) groups excluding carboxylic acids is 2. The van der Waals surface area contributed by atoms with Crippen LogP contribution < -0.4 is 5.32 Å². The first-order chi connectivity index (χ1) is 13.1. The lowest BCUT2D eigenvalue weighted by Crippen LogP contribution is -2.35. The van der Waals surface area contributed by atoms with Crippen molar-refractivity contribution in [1.82, 2.24) is 10.2 Å². The second-order valence-corrected chi connectivity index (χ2v) is 7.43. The van der Waals surface area contributed by atoms with Crippen LogP contribution in [0.5, 0.6) is 0 Å². The standard InChI is InChI=1S/C22H30N2O3/c1-17(25)24-14-12-18-8-5-6-11-20(18)21(24)16-22(26)23-13-7-15-27-19-9-3-2-4-10-19/h5-6,8,11-12,14,19,21H,2-4,7,9-10,13,15-16H2,1H3,(H,23,26). The number of nitrogens with one attached hydrogen (secondary N) is 1. The third kappa shape index (κ3) is 5.42. The molecule has 0 saturated heterocycles. The van der Waals surface area contributed by atoms with Gasteiger partial charge in [0.15, 0.2) is 0 Å². The molecule has 0 aromatic heterocycles. The monoisotopic (exact) mass is 370 g/mol. The highest BCUT2D eigenvalue weighted by molar-refractivity contribution is 5.81. The minimum absolute atomic E-state index is 0.0333. The molecule has 27 heavy (non-hydrogen) atoms. The van der Waals surface area contributed by atoms with Gasteiger partial charge in [-0.05, 0) is 36.5 Å².